The topological polar surface area (TPSA) is 41.6 Å². The number of hydrogen-bond acceptors (Lipinski definition) is 4. The van der Waals surface area contributed by atoms with E-state index in [1.165, 1.54) is 7.11 Å². The lowest BCUT2D eigenvalue weighted by Gasteiger charge is -2.28. The average Bonchev–Trinajstić information content (AvgIpc) is 2.72. The van der Waals surface area contributed by atoms with E-state index in [2.05, 4.69) is 17.1 Å². The van der Waals surface area contributed by atoms with Crippen LogP contribution in [0.25, 0.3) is 0 Å². The summed E-state index contributed by atoms with van der Waals surface area (Å²) < 4.78 is 4.97. The molecular formula is C13H26N2O2. The molecule has 0 radical (unpaired) electrons. The number of carbonyl (C=O) groups is 1. The second-order valence-corrected chi connectivity index (χ2v) is 5.32. The van der Waals surface area contributed by atoms with Crippen molar-refractivity contribution in [2.24, 2.45) is 5.92 Å². The number of esters is 1. The van der Waals surface area contributed by atoms with Gasteiger partial charge in [0.05, 0.1) is 7.11 Å². The Labute approximate surface area is 105 Å². The zero-order valence-electron chi connectivity index (χ0n) is 11.6. The van der Waals surface area contributed by atoms with Gasteiger partial charge in [-0.2, -0.15) is 0 Å². The summed E-state index contributed by atoms with van der Waals surface area (Å²) in [6, 6.07) is 0. The number of likely N-dealkylation sites (N-methyl/N-ethyl adjacent to an activating group) is 1. The van der Waals surface area contributed by atoms with Crippen molar-refractivity contribution in [3.63, 3.8) is 0 Å². The van der Waals surface area contributed by atoms with E-state index in [0.717, 1.165) is 38.8 Å². The van der Waals surface area contributed by atoms with Crippen molar-refractivity contribution in [1.29, 1.82) is 0 Å². The predicted octanol–water partition coefficient (Wildman–Crippen LogP) is 1.26. The van der Waals surface area contributed by atoms with Crippen LogP contribution in [-0.4, -0.2) is 50.7 Å². The molecule has 17 heavy (non-hydrogen) atoms. The molecule has 0 heterocycles. The third-order valence-corrected chi connectivity index (χ3v) is 3.79. The molecule has 2 unspecified atom stereocenters. The first-order valence-corrected chi connectivity index (χ1v) is 6.52. The summed E-state index contributed by atoms with van der Waals surface area (Å²) in [5.41, 5.74) is -0.425. The Hall–Kier alpha value is -0.610. The quantitative estimate of drug-likeness (QED) is 0.712. The highest BCUT2D eigenvalue weighted by Crippen LogP contribution is 2.37. The van der Waals surface area contributed by atoms with Gasteiger partial charge in [-0.05, 0) is 39.3 Å². The summed E-state index contributed by atoms with van der Waals surface area (Å²) >= 11 is 0. The number of carbonyl (C=O) groups excluding carboxylic acids is 1. The lowest BCUT2D eigenvalue weighted by Crippen LogP contribution is -2.52. The molecule has 0 amide bonds. The molecule has 0 aromatic heterocycles. The maximum atomic E-state index is 12.0. The van der Waals surface area contributed by atoms with Crippen molar-refractivity contribution in [3.8, 4) is 0 Å². The standard InChI is InChI=1S/C13H26N2O2/c1-5-11-6-7-13(10-11,12(16)17-4)14-8-9-15(2)3/h11,14H,5-10H2,1-4H3. The van der Waals surface area contributed by atoms with Gasteiger partial charge in [0.2, 0.25) is 0 Å². The highest BCUT2D eigenvalue weighted by Gasteiger charge is 2.45. The van der Waals surface area contributed by atoms with Gasteiger partial charge in [-0.3, -0.25) is 4.79 Å². The van der Waals surface area contributed by atoms with Crippen molar-refractivity contribution in [2.45, 2.75) is 38.1 Å². The van der Waals surface area contributed by atoms with Crippen LogP contribution >= 0.6 is 0 Å². The number of rotatable bonds is 6. The van der Waals surface area contributed by atoms with Gasteiger partial charge in [0.1, 0.15) is 5.54 Å². The molecule has 0 aromatic rings. The summed E-state index contributed by atoms with van der Waals surface area (Å²) in [6.45, 7) is 3.96. The van der Waals surface area contributed by atoms with Crippen LogP contribution < -0.4 is 5.32 Å². The molecule has 0 saturated heterocycles. The van der Waals surface area contributed by atoms with Crippen LogP contribution in [0.3, 0.4) is 0 Å². The molecule has 1 rings (SSSR count). The van der Waals surface area contributed by atoms with Gasteiger partial charge in [0.15, 0.2) is 0 Å². The van der Waals surface area contributed by atoms with Gasteiger partial charge in [0, 0.05) is 13.1 Å². The molecule has 1 saturated carbocycles. The summed E-state index contributed by atoms with van der Waals surface area (Å²) in [6.07, 6.45) is 4.10. The first-order valence-electron chi connectivity index (χ1n) is 6.52. The molecule has 2 atom stereocenters. The highest BCUT2D eigenvalue weighted by molar-refractivity contribution is 5.81. The fourth-order valence-electron chi connectivity index (χ4n) is 2.63. The van der Waals surface area contributed by atoms with Gasteiger partial charge >= 0.3 is 5.97 Å². The van der Waals surface area contributed by atoms with Gasteiger partial charge in [-0.1, -0.05) is 13.3 Å². The maximum Gasteiger partial charge on any atom is 0.326 e. The first kappa shape index (κ1) is 14.5. The normalized spacial score (nSPS) is 28.6. The lowest BCUT2D eigenvalue weighted by molar-refractivity contribution is -0.148. The summed E-state index contributed by atoms with van der Waals surface area (Å²) in [7, 11) is 5.56. The van der Waals surface area contributed by atoms with Crippen LogP contribution in [0.15, 0.2) is 0 Å². The Balaban J connectivity index is 2.58. The summed E-state index contributed by atoms with van der Waals surface area (Å²) in [4.78, 5) is 14.1. The fraction of sp³-hybridized carbons (Fsp3) is 0.923. The second kappa shape index (κ2) is 6.36. The molecular weight excluding hydrogens is 216 g/mol. The summed E-state index contributed by atoms with van der Waals surface area (Å²) in [5, 5.41) is 3.43. The minimum atomic E-state index is -0.425. The minimum Gasteiger partial charge on any atom is -0.468 e. The number of nitrogens with one attached hydrogen (secondary N) is 1. The van der Waals surface area contributed by atoms with Crippen LogP contribution in [0.1, 0.15) is 32.6 Å². The van der Waals surface area contributed by atoms with Crippen LogP contribution in [0, 0.1) is 5.92 Å². The zero-order valence-corrected chi connectivity index (χ0v) is 11.6. The Bertz CT molecular complexity index is 256. The number of hydrogen-bond donors (Lipinski definition) is 1. The van der Waals surface area contributed by atoms with Gasteiger partial charge in [-0.15, -0.1) is 0 Å². The van der Waals surface area contributed by atoms with E-state index in [9.17, 15) is 4.79 Å². The largest absolute Gasteiger partial charge is 0.468 e. The van der Waals surface area contributed by atoms with E-state index in [4.69, 9.17) is 4.74 Å². The zero-order chi connectivity index (χ0) is 12.9. The van der Waals surface area contributed by atoms with E-state index < -0.39 is 5.54 Å². The van der Waals surface area contributed by atoms with Crippen LogP contribution in [0.2, 0.25) is 0 Å². The molecule has 4 nitrogen and oxygen atoms in total. The van der Waals surface area contributed by atoms with Crippen LogP contribution in [0.4, 0.5) is 0 Å². The second-order valence-electron chi connectivity index (χ2n) is 5.32. The summed E-state index contributed by atoms with van der Waals surface area (Å²) in [5.74, 6) is 0.563. The molecule has 1 aliphatic carbocycles. The Morgan fingerprint density at radius 1 is 1.53 bits per heavy atom. The molecule has 1 fully saturated rings. The van der Waals surface area contributed by atoms with E-state index in [-0.39, 0.29) is 5.97 Å². The third-order valence-electron chi connectivity index (χ3n) is 3.79. The van der Waals surface area contributed by atoms with Crippen molar-refractivity contribution in [3.05, 3.63) is 0 Å². The smallest absolute Gasteiger partial charge is 0.326 e. The fourth-order valence-corrected chi connectivity index (χ4v) is 2.63. The monoisotopic (exact) mass is 242 g/mol. The molecule has 0 bridgehead atoms. The Kier molecular flexibility index (Phi) is 5.40. The maximum absolute atomic E-state index is 12.0. The highest BCUT2D eigenvalue weighted by atomic mass is 16.5. The van der Waals surface area contributed by atoms with Crippen molar-refractivity contribution >= 4 is 5.97 Å². The molecule has 0 spiro atoms. The van der Waals surface area contributed by atoms with E-state index in [1.54, 1.807) is 0 Å². The van der Waals surface area contributed by atoms with E-state index in [0.29, 0.717) is 5.92 Å². The molecule has 4 heteroatoms. The average molecular weight is 242 g/mol. The number of ether oxygens (including phenoxy) is 1. The van der Waals surface area contributed by atoms with Crippen molar-refractivity contribution in [1.82, 2.24) is 10.2 Å². The van der Waals surface area contributed by atoms with E-state index in [1.807, 2.05) is 14.1 Å². The minimum absolute atomic E-state index is 0.0905. The van der Waals surface area contributed by atoms with E-state index >= 15 is 0 Å². The number of methoxy groups -OCH3 is 1. The molecule has 100 valence electrons. The number of nitrogens with zero attached hydrogens (tertiary/aromatic N) is 1. The molecule has 1 aliphatic rings. The first-order chi connectivity index (χ1) is 8.04. The van der Waals surface area contributed by atoms with Gasteiger partial charge in [0.25, 0.3) is 0 Å². The molecule has 0 aromatic carbocycles. The van der Waals surface area contributed by atoms with Crippen molar-refractivity contribution in [2.75, 3.05) is 34.3 Å². The Morgan fingerprint density at radius 2 is 2.24 bits per heavy atom. The SMILES string of the molecule is CCC1CCC(NCCN(C)C)(C(=O)OC)C1. The van der Waals surface area contributed by atoms with Crippen LogP contribution in [0.5, 0.6) is 0 Å². The molecule has 0 aliphatic heterocycles. The molecule has 1 N–H and O–H groups in total. The predicted molar refractivity (Wildman–Crippen MR) is 68.9 cm³/mol. The third kappa shape index (κ3) is 3.68. The van der Waals surface area contributed by atoms with Gasteiger partial charge in [-0.25, -0.2) is 0 Å². The van der Waals surface area contributed by atoms with Gasteiger partial charge < -0.3 is 15.0 Å². The van der Waals surface area contributed by atoms with Crippen molar-refractivity contribution < 1.29 is 9.53 Å². The Morgan fingerprint density at radius 3 is 2.71 bits per heavy atom. The van der Waals surface area contributed by atoms with Crippen LogP contribution in [-0.2, 0) is 9.53 Å². The lowest BCUT2D eigenvalue weighted by atomic mass is 9.95.